The van der Waals surface area contributed by atoms with Gasteiger partial charge in [0.1, 0.15) is 6.07 Å². The van der Waals surface area contributed by atoms with Gasteiger partial charge in [0.2, 0.25) is 5.91 Å². The smallest absolute Gasteiger partial charge is 0.221 e. The third-order valence-corrected chi connectivity index (χ3v) is 2.79. The number of nitrogens with two attached hydrogens (primary N) is 1. The number of nitriles is 1. The number of hydrogen-bond donors (Lipinski definition) is 2. The van der Waals surface area contributed by atoms with Gasteiger partial charge in [0, 0.05) is 31.7 Å². The highest BCUT2D eigenvalue weighted by Crippen LogP contribution is 2.23. The molecule has 0 radical (unpaired) electrons. The first kappa shape index (κ1) is 11.3. The molecule has 0 aliphatic carbocycles. The zero-order chi connectivity index (χ0) is 12.3. The summed E-state index contributed by atoms with van der Waals surface area (Å²) in [6.07, 6.45) is 0.454. The Kier molecular flexibility index (Phi) is 3.15. The van der Waals surface area contributed by atoms with Crippen molar-refractivity contribution in [3.05, 3.63) is 23.8 Å². The van der Waals surface area contributed by atoms with E-state index >= 15 is 0 Å². The van der Waals surface area contributed by atoms with E-state index in [2.05, 4.69) is 11.4 Å². The van der Waals surface area contributed by atoms with Gasteiger partial charge in [-0.2, -0.15) is 5.26 Å². The number of benzene rings is 1. The number of nitrogens with one attached hydrogen (secondary N) is 1. The molecule has 0 saturated carbocycles. The average molecular weight is 230 g/mol. The normalized spacial score (nSPS) is 15.9. The van der Waals surface area contributed by atoms with Gasteiger partial charge in [-0.15, -0.1) is 0 Å². The number of amides is 1. The van der Waals surface area contributed by atoms with E-state index in [9.17, 15) is 4.79 Å². The average Bonchev–Trinajstić information content (AvgIpc) is 2.54. The van der Waals surface area contributed by atoms with Crippen LogP contribution in [0.2, 0.25) is 0 Å². The van der Waals surface area contributed by atoms with Crippen molar-refractivity contribution < 1.29 is 4.79 Å². The van der Waals surface area contributed by atoms with E-state index in [-0.39, 0.29) is 5.91 Å². The molecule has 1 aliphatic heterocycles. The lowest BCUT2D eigenvalue weighted by Gasteiger charge is -2.23. The monoisotopic (exact) mass is 230 g/mol. The van der Waals surface area contributed by atoms with Crippen molar-refractivity contribution >= 4 is 17.3 Å². The van der Waals surface area contributed by atoms with Crippen molar-refractivity contribution in [3.63, 3.8) is 0 Å². The standard InChI is InChI=1S/C12H14N4O/c13-8-9-7-10(14)1-2-11(9)16-5-3-12(17)15-4-6-16/h1-2,7H,3-6,14H2,(H,15,17). The second kappa shape index (κ2) is 4.74. The van der Waals surface area contributed by atoms with E-state index in [1.165, 1.54) is 0 Å². The third-order valence-electron chi connectivity index (χ3n) is 2.79. The summed E-state index contributed by atoms with van der Waals surface area (Å²) < 4.78 is 0. The second-order valence-electron chi connectivity index (χ2n) is 3.98. The van der Waals surface area contributed by atoms with Gasteiger partial charge in [-0.25, -0.2) is 0 Å². The highest BCUT2D eigenvalue weighted by molar-refractivity contribution is 5.77. The van der Waals surface area contributed by atoms with Crippen molar-refractivity contribution in [2.75, 3.05) is 30.3 Å². The molecule has 17 heavy (non-hydrogen) atoms. The molecule has 1 aromatic carbocycles. The molecular weight excluding hydrogens is 216 g/mol. The van der Waals surface area contributed by atoms with E-state index < -0.39 is 0 Å². The predicted molar refractivity (Wildman–Crippen MR) is 65.4 cm³/mol. The minimum atomic E-state index is 0.0569. The van der Waals surface area contributed by atoms with Crippen LogP contribution in [0.3, 0.4) is 0 Å². The molecule has 2 rings (SSSR count). The Bertz CT molecular complexity index is 478. The van der Waals surface area contributed by atoms with Crippen molar-refractivity contribution in [1.82, 2.24) is 5.32 Å². The molecule has 0 unspecified atom stereocenters. The van der Waals surface area contributed by atoms with Crippen LogP contribution in [0.5, 0.6) is 0 Å². The maximum atomic E-state index is 11.2. The summed E-state index contributed by atoms with van der Waals surface area (Å²) in [5.74, 6) is 0.0569. The molecule has 0 bridgehead atoms. The first-order chi connectivity index (χ1) is 8.20. The molecule has 0 aromatic heterocycles. The number of carbonyl (C=O) groups is 1. The Balaban J connectivity index is 2.27. The Labute approximate surface area is 99.8 Å². The van der Waals surface area contributed by atoms with Crippen LogP contribution in [0, 0.1) is 11.3 Å². The van der Waals surface area contributed by atoms with E-state index in [1.54, 1.807) is 12.1 Å². The van der Waals surface area contributed by atoms with E-state index in [1.807, 2.05) is 11.0 Å². The Morgan fingerprint density at radius 2 is 2.24 bits per heavy atom. The summed E-state index contributed by atoms with van der Waals surface area (Å²) >= 11 is 0. The van der Waals surface area contributed by atoms with E-state index in [0.717, 1.165) is 5.69 Å². The van der Waals surface area contributed by atoms with Gasteiger partial charge in [0.15, 0.2) is 0 Å². The maximum absolute atomic E-state index is 11.2. The van der Waals surface area contributed by atoms with Gasteiger partial charge < -0.3 is 16.0 Å². The van der Waals surface area contributed by atoms with Gasteiger partial charge in [-0.3, -0.25) is 4.79 Å². The Hall–Kier alpha value is -2.22. The van der Waals surface area contributed by atoms with Crippen LogP contribution in [-0.2, 0) is 4.79 Å². The summed E-state index contributed by atoms with van der Waals surface area (Å²) in [5.41, 5.74) is 7.63. The van der Waals surface area contributed by atoms with Gasteiger partial charge >= 0.3 is 0 Å². The third kappa shape index (κ3) is 2.48. The molecule has 1 aromatic rings. The SMILES string of the molecule is N#Cc1cc(N)ccc1N1CCNC(=O)CC1. The van der Waals surface area contributed by atoms with Crippen LogP contribution < -0.4 is 16.0 Å². The Morgan fingerprint density at radius 3 is 3.00 bits per heavy atom. The number of carbonyl (C=O) groups excluding carboxylic acids is 1. The van der Waals surface area contributed by atoms with Crippen LogP contribution in [0.1, 0.15) is 12.0 Å². The molecular formula is C12H14N4O. The number of nitrogen functional groups attached to an aromatic ring is 1. The summed E-state index contributed by atoms with van der Waals surface area (Å²) in [7, 11) is 0. The highest BCUT2D eigenvalue weighted by Gasteiger charge is 2.16. The predicted octanol–water partition coefficient (Wildman–Crippen LogP) is 0.467. The first-order valence-corrected chi connectivity index (χ1v) is 5.52. The zero-order valence-electron chi connectivity index (χ0n) is 9.44. The minimum absolute atomic E-state index is 0.0569. The van der Waals surface area contributed by atoms with Crippen LogP contribution in [0.4, 0.5) is 11.4 Å². The highest BCUT2D eigenvalue weighted by atomic mass is 16.1. The van der Waals surface area contributed by atoms with Crippen molar-refractivity contribution in [3.8, 4) is 6.07 Å². The zero-order valence-corrected chi connectivity index (χ0v) is 9.44. The molecule has 5 nitrogen and oxygen atoms in total. The molecule has 1 saturated heterocycles. The number of rotatable bonds is 1. The number of nitrogens with zero attached hydrogens (tertiary/aromatic N) is 2. The molecule has 0 spiro atoms. The molecule has 88 valence electrons. The molecule has 5 heteroatoms. The van der Waals surface area contributed by atoms with Gasteiger partial charge in [0.25, 0.3) is 0 Å². The summed E-state index contributed by atoms with van der Waals surface area (Å²) in [6.45, 7) is 1.95. The molecule has 1 fully saturated rings. The first-order valence-electron chi connectivity index (χ1n) is 5.52. The maximum Gasteiger partial charge on any atom is 0.221 e. The van der Waals surface area contributed by atoms with Crippen LogP contribution >= 0.6 is 0 Å². The fraction of sp³-hybridized carbons (Fsp3) is 0.333. The summed E-state index contributed by atoms with van der Waals surface area (Å²) in [4.78, 5) is 13.3. The minimum Gasteiger partial charge on any atom is -0.399 e. The summed E-state index contributed by atoms with van der Waals surface area (Å²) in [6, 6.07) is 7.41. The van der Waals surface area contributed by atoms with Crippen molar-refractivity contribution in [1.29, 1.82) is 5.26 Å². The second-order valence-corrected chi connectivity index (χ2v) is 3.98. The quantitative estimate of drug-likeness (QED) is 0.687. The topological polar surface area (TPSA) is 82.2 Å². The molecule has 1 amide bonds. The van der Waals surface area contributed by atoms with Crippen LogP contribution in [0.15, 0.2) is 18.2 Å². The van der Waals surface area contributed by atoms with Crippen molar-refractivity contribution in [2.45, 2.75) is 6.42 Å². The lowest BCUT2D eigenvalue weighted by atomic mass is 10.1. The summed E-state index contributed by atoms with van der Waals surface area (Å²) in [5, 5.41) is 11.9. The van der Waals surface area contributed by atoms with Gasteiger partial charge in [-0.05, 0) is 18.2 Å². The number of hydrogen-bond acceptors (Lipinski definition) is 4. The van der Waals surface area contributed by atoms with Crippen molar-refractivity contribution in [2.24, 2.45) is 0 Å². The van der Waals surface area contributed by atoms with Crippen LogP contribution in [0.25, 0.3) is 0 Å². The lowest BCUT2D eigenvalue weighted by molar-refractivity contribution is -0.120. The fourth-order valence-electron chi connectivity index (χ4n) is 1.93. The molecule has 0 atom stereocenters. The largest absolute Gasteiger partial charge is 0.399 e. The van der Waals surface area contributed by atoms with Gasteiger partial charge in [-0.1, -0.05) is 0 Å². The van der Waals surface area contributed by atoms with E-state index in [0.29, 0.717) is 37.3 Å². The molecule has 1 aliphatic rings. The van der Waals surface area contributed by atoms with E-state index in [4.69, 9.17) is 11.0 Å². The fourth-order valence-corrected chi connectivity index (χ4v) is 1.93. The molecule has 1 heterocycles. The van der Waals surface area contributed by atoms with Crippen LogP contribution in [-0.4, -0.2) is 25.5 Å². The Morgan fingerprint density at radius 1 is 1.41 bits per heavy atom. The van der Waals surface area contributed by atoms with Gasteiger partial charge in [0.05, 0.1) is 11.3 Å². The number of anilines is 2. The lowest BCUT2D eigenvalue weighted by Crippen LogP contribution is -2.28. The molecule has 3 N–H and O–H groups in total.